The van der Waals surface area contributed by atoms with E-state index in [2.05, 4.69) is 31.2 Å². The summed E-state index contributed by atoms with van der Waals surface area (Å²) in [5, 5.41) is 17.6. The smallest absolute Gasteiger partial charge is 0.134 e. The Balaban J connectivity index is 1.78. The molecule has 0 aliphatic heterocycles. The van der Waals surface area contributed by atoms with Crippen LogP contribution in [0.15, 0.2) is 91.0 Å². The lowest BCUT2D eigenvalue weighted by Crippen LogP contribution is -2.22. The van der Waals surface area contributed by atoms with Gasteiger partial charge in [-0.25, -0.2) is 0 Å². The fourth-order valence-corrected chi connectivity index (χ4v) is 3.64. The van der Waals surface area contributed by atoms with Gasteiger partial charge in [-0.15, -0.1) is 0 Å². The van der Waals surface area contributed by atoms with Crippen molar-refractivity contribution in [2.75, 3.05) is 14.1 Å². The fraction of sp³-hybridized carbons (Fsp3) is 0.188. The normalized spacial score (nSPS) is 11.2. The highest BCUT2D eigenvalue weighted by molar-refractivity contribution is 5.98. The number of nitriles is 1. The van der Waals surface area contributed by atoms with Crippen LogP contribution in [0.25, 0.3) is 6.08 Å². The van der Waals surface area contributed by atoms with Crippen LogP contribution in [0.1, 0.15) is 40.3 Å². The molecule has 3 rings (SSSR count). The van der Waals surface area contributed by atoms with E-state index in [0.29, 0.717) is 35.1 Å². The van der Waals surface area contributed by atoms with Crippen LogP contribution < -0.4 is 9.47 Å². The number of rotatable bonds is 10. The van der Waals surface area contributed by atoms with Gasteiger partial charge in [0.15, 0.2) is 0 Å². The number of allylic oxidation sites excluding steroid dienone is 5. The van der Waals surface area contributed by atoms with Crippen molar-refractivity contribution < 1.29 is 9.47 Å². The summed E-state index contributed by atoms with van der Waals surface area (Å²) >= 11 is 0. The minimum atomic E-state index is 0.280. The highest BCUT2D eigenvalue weighted by atomic mass is 16.5. The molecule has 37 heavy (non-hydrogen) atoms. The number of nitrogens with one attached hydrogen (secondary N) is 1. The van der Waals surface area contributed by atoms with Gasteiger partial charge in [0.1, 0.15) is 30.5 Å². The van der Waals surface area contributed by atoms with Crippen LogP contribution in [0, 0.1) is 23.7 Å². The third kappa shape index (κ3) is 7.71. The lowest BCUT2D eigenvalue weighted by atomic mass is 10.0. The highest BCUT2D eigenvalue weighted by Gasteiger charge is 2.14. The number of hydrogen-bond acceptors (Lipinski definition) is 4. The molecule has 0 saturated heterocycles. The van der Waals surface area contributed by atoms with Crippen molar-refractivity contribution in [2.24, 2.45) is 0 Å². The van der Waals surface area contributed by atoms with Crippen LogP contribution in [0.3, 0.4) is 0 Å². The van der Waals surface area contributed by atoms with Crippen molar-refractivity contribution in [3.8, 4) is 17.6 Å². The first-order valence-electron chi connectivity index (χ1n) is 12.1. The molecule has 0 bridgehead atoms. The van der Waals surface area contributed by atoms with E-state index in [4.69, 9.17) is 14.9 Å². The molecule has 0 unspecified atom stereocenters. The predicted molar refractivity (Wildman–Crippen MR) is 151 cm³/mol. The monoisotopic (exact) mass is 491 g/mol. The molecule has 5 heteroatoms. The van der Waals surface area contributed by atoms with Crippen LogP contribution in [0.4, 0.5) is 0 Å². The van der Waals surface area contributed by atoms with Gasteiger partial charge in [0.05, 0.1) is 17.2 Å². The maximum absolute atomic E-state index is 9.17. The van der Waals surface area contributed by atoms with Crippen molar-refractivity contribution in [2.45, 2.75) is 27.1 Å². The van der Waals surface area contributed by atoms with Crippen molar-refractivity contribution >= 4 is 11.9 Å². The van der Waals surface area contributed by atoms with Crippen LogP contribution >= 0.6 is 0 Å². The van der Waals surface area contributed by atoms with Gasteiger partial charge in [-0.3, -0.25) is 5.41 Å². The van der Waals surface area contributed by atoms with Gasteiger partial charge in [0.2, 0.25) is 0 Å². The molecule has 0 spiro atoms. The second-order valence-corrected chi connectivity index (χ2v) is 8.69. The van der Waals surface area contributed by atoms with Crippen LogP contribution in [0.5, 0.6) is 11.5 Å². The first-order valence-corrected chi connectivity index (χ1v) is 12.1. The second kappa shape index (κ2) is 13.5. The van der Waals surface area contributed by atoms with Gasteiger partial charge < -0.3 is 14.4 Å². The van der Waals surface area contributed by atoms with Gasteiger partial charge >= 0.3 is 0 Å². The SMILES string of the molecule is C\C=C/C=C\C=C\c1cccc(COc2ccc(C(=N)N(C)C)c(OCc3cccc(C#N)c3)c2)c1C. The van der Waals surface area contributed by atoms with Crippen LogP contribution in [0.2, 0.25) is 0 Å². The van der Waals surface area contributed by atoms with Crippen LogP contribution in [-0.4, -0.2) is 24.8 Å². The van der Waals surface area contributed by atoms with Gasteiger partial charge in [-0.2, -0.15) is 5.26 Å². The molecule has 0 radical (unpaired) electrons. The summed E-state index contributed by atoms with van der Waals surface area (Å²) in [6, 6.07) is 21.2. The van der Waals surface area contributed by atoms with Crippen molar-refractivity contribution in [1.29, 1.82) is 10.7 Å². The Morgan fingerprint density at radius 3 is 2.49 bits per heavy atom. The Labute approximate surface area is 220 Å². The minimum absolute atomic E-state index is 0.280. The molecule has 0 fully saturated rings. The molecule has 0 aliphatic rings. The molecule has 3 aromatic carbocycles. The number of hydrogen-bond donors (Lipinski definition) is 1. The van der Waals surface area contributed by atoms with E-state index in [1.54, 1.807) is 17.0 Å². The molecular formula is C32H33N3O2. The summed E-state index contributed by atoms with van der Waals surface area (Å²) in [5.41, 5.74) is 5.54. The molecule has 5 nitrogen and oxygen atoms in total. The highest BCUT2D eigenvalue weighted by Crippen LogP contribution is 2.28. The summed E-state index contributed by atoms with van der Waals surface area (Å²) in [6.45, 7) is 4.78. The summed E-state index contributed by atoms with van der Waals surface area (Å²) in [5.74, 6) is 1.55. The maximum Gasteiger partial charge on any atom is 0.134 e. The molecule has 0 heterocycles. The average molecular weight is 492 g/mol. The lowest BCUT2D eigenvalue weighted by molar-refractivity contribution is 0.289. The molecule has 0 amide bonds. The van der Waals surface area contributed by atoms with E-state index in [0.717, 1.165) is 22.3 Å². The zero-order valence-corrected chi connectivity index (χ0v) is 21.9. The molecule has 0 aromatic heterocycles. The molecule has 1 N–H and O–H groups in total. The molecule has 0 atom stereocenters. The van der Waals surface area contributed by atoms with Gasteiger partial charge in [-0.05, 0) is 60.4 Å². The van der Waals surface area contributed by atoms with E-state index in [-0.39, 0.29) is 6.61 Å². The third-order valence-electron chi connectivity index (χ3n) is 5.79. The van der Waals surface area contributed by atoms with E-state index in [1.165, 1.54) is 0 Å². The molecule has 188 valence electrons. The van der Waals surface area contributed by atoms with E-state index >= 15 is 0 Å². The Morgan fingerprint density at radius 1 is 0.946 bits per heavy atom. The zero-order valence-electron chi connectivity index (χ0n) is 21.9. The summed E-state index contributed by atoms with van der Waals surface area (Å²) in [7, 11) is 3.65. The first kappa shape index (κ1) is 27.0. The summed E-state index contributed by atoms with van der Waals surface area (Å²) < 4.78 is 12.3. The fourth-order valence-electron chi connectivity index (χ4n) is 3.64. The zero-order chi connectivity index (χ0) is 26.6. The van der Waals surface area contributed by atoms with Crippen molar-refractivity contribution in [1.82, 2.24) is 4.90 Å². The maximum atomic E-state index is 9.17. The van der Waals surface area contributed by atoms with Crippen molar-refractivity contribution in [3.63, 3.8) is 0 Å². The first-order chi connectivity index (χ1) is 17.9. The van der Waals surface area contributed by atoms with Gasteiger partial charge in [-0.1, -0.05) is 66.8 Å². The predicted octanol–water partition coefficient (Wildman–Crippen LogP) is 7.06. The quantitative estimate of drug-likeness (QED) is 0.187. The minimum Gasteiger partial charge on any atom is -0.489 e. The molecule has 0 aliphatic carbocycles. The Hall–Kier alpha value is -4.56. The van der Waals surface area contributed by atoms with Crippen molar-refractivity contribution in [3.05, 3.63) is 124 Å². The molecular weight excluding hydrogens is 458 g/mol. The lowest BCUT2D eigenvalue weighted by Gasteiger charge is -2.19. The number of amidine groups is 1. The number of nitrogens with zero attached hydrogens (tertiary/aromatic N) is 2. The van der Waals surface area contributed by atoms with E-state index in [1.807, 2.05) is 87.8 Å². The van der Waals surface area contributed by atoms with E-state index in [9.17, 15) is 5.26 Å². The Bertz CT molecular complexity index is 1360. The second-order valence-electron chi connectivity index (χ2n) is 8.69. The van der Waals surface area contributed by atoms with E-state index < -0.39 is 0 Å². The Morgan fingerprint density at radius 2 is 1.73 bits per heavy atom. The van der Waals surface area contributed by atoms with Gasteiger partial charge in [0, 0.05) is 20.2 Å². The largest absolute Gasteiger partial charge is 0.489 e. The molecule has 3 aromatic rings. The average Bonchev–Trinajstić information content (AvgIpc) is 2.91. The molecule has 0 saturated carbocycles. The van der Waals surface area contributed by atoms with Gasteiger partial charge in [0.25, 0.3) is 0 Å². The topological polar surface area (TPSA) is 69.3 Å². The number of ether oxygens (including phenoxy) is 2. The summed E-state index contributed by atoms with van der Waals surface area (Å²) in [4.78, 5) is 1.73. The number of benzene rings is 3. The van der Waals surface area contributed by atoms with Crippen LogP contribution in [-0.2, 0) is 13.2 Å². The summed E-state index contributed by atoms with van der Waals surface area (Å²) in [6.07, 6.45) is 12.1. The standard InChI is InChI=1S/C32H33N3O2/c1-5-6-7-8-9-14-27-15-11-16-28(24(27)2)23-36-29-17-18-30(32(34)35(3)4)31(20-29)37-22-26-13-10-12-25(19-26)21-33/h5-20,34H,22-23H2,1-4H3/b6-5-,8-7-,14-9+,34-32?. The Kier molecular flexibility index (Phi) is 9.87. The third-order valence-corrected chi connectivity index (χ3v) is 5.79.